The lowest BCUT2D eigenvalue weighted by molar-refractivity contribution is 0.148. The van der Waals surface area contributed by atoms with Gasteiger partial charge in [-0.15, -0.1) is 11.3 Å². The summed E-state index contributed by atoms with van der Waals surface area (Å²) >= 11 is 1.65. The molecular weight excluding hydrogens is 314 g/mol. The van der Waals surface area contributed by atoms with Crippen LogP contribution in [0.1, 0.15) is 43.3 Å². The van der Waals surface area contributed by atoms with Crippen molar-refractivity contribution in [2.75, 3.05) is 13.1 Å². The third-order valence-electron chi connectivity index (χ3n) is 3.19. The van der Waals surface area contributed by atoms with Gasteiger partial charge in [0.25, 0.3) is 0 Å². The molecule has 3 N–H and O–H groups in total. The van der Waals surface area contributed by atoms with E-state index in [2.05, 4.69) is 36.4 Å². The number of nitrogens with zero attached hydrogens (tertiary/aromatic N) is 1. The van der Waals surface area contributed by atoms with Gasteiger partial charge in [-0.05, 0) is 12.1 Å². The summed E-state index contributed by atoms with van der Waals surface area (Å²) < 4.78 is 5.07. The van der Waals surface area contributed by atoms with Gasteiger partial charge in [-0.3, -0.25) is 0 Å². The second-order valence-electron chi connectivity index (χ2n) is 6.31. The zero-order chi connectivity index (χ0) is 16.9. The first kappa shape index (κ1) is 17.5. The molecule has 23 heavy (non-hydrogen) atoms. The number of hydrogen-bond acceptors (Lipinski definition) is 5. The molecule has 0 aliphatic heterocycles. The second kappa shape index (κ2) is 7.61. The molecule has 2 heterocycles. The highest BCUT2D eigenvalue weighted by Gasteiger charge is 2.18. The minimum Gasteiger partial charge on any atom is -0.467 e. The van der Waals surface area contributed by atoms with Gasteiger partial charge < -0.3 is 20.2 Å². The Kier molecular flexibility index (Phi) is 5.79. The Hall–Kier alpha value is -1.86. The first-order valence-electron chi connectivity index (χ1n) is 7.54. The van der Waals surface area contributed by atoms with Crippen molar-refractivity contribution >= 4 is 17.4 Å². The molecule has 7 heteroatoms. The van der Waals surface area contributed by atoms with E-state index >= 15 is 0 Å². The smallest absolute Gasteiger partial charge is 0.314 e. The van der Waals surface area contributed by atoms with E-state index in [-0.39, 0.29) is 18.0 Å². The summed E-state index contributed by atoms with van der Waals surface area (Å²) in [7, 11) is 0. The molecule has 0 spiro atoms. The van der Waals surface area contributed by atoms with Crippen LogP contribution in [0.2, 0.25) is 0 Å². The van der Waals surface area contributed by atoms with E-state index < -0.39 is 6.10 Å². The first-order valence-corrected chi connectivity index (χ1v) is 8.42. The zero-order valence-corrected chi connectivity index (χ0v) is 14.4. The molecule has 0 fully saturated rings. The minimum atomic E-state index is -0.844. The van der Waals surface area contributed by atoms with Crippen molar-refractivity contribution < 1.29 is 14.3 Å². The SMILES string of the molecule is CC(C)(C)c1nc(CCNC(=O)NCC(O)c2ccco2)cs1. The fourth-order valence-corrected chi connectivity index (χ4v) is 2.85. The summed E-state index contributed by atoms with van der Waals surface area (Å²) in [6.07, 6.45) is 1.32. The van der Waals surface area contributed by atoms with E-state index in [9.17, 15) is 9.90 Å². The zero-order valence-electron chi connectivity index (χ0n) is 13.6. The highest BCUT2D eigenvalue weighted by Crippen LogP contribution is 2.25. The van der Waals surface area contributed by atoms with E-state index in [0.29, 0.717) is 18.7 Å². The van der Waals surface area contributed by atoms with E-state index in [4.69, 9.17) is 4.42 Å². The van der Waals surface area contributed by atoms with Crippen LogP contribution < -0.4 is 10.6 Å². The molecular formula is C16H23N3O3S. The Morgan fingerprint density at radius 3 is 2.83 bits per heavy atom. The average Bonchev–Trinajstić information content (AvgIpc) is 3.15. The molecule has 0 radical (unpaired) electrons. The van der Waals surface area contributed by atoms with E-state index in [0.717, 1.165) is 10.7 Å². The molecule has 0 saturated carbocycles. The third-order valence-corrected chi connectivity index (χ3v) is 4.50. The van der Waals surface area contributed by atoms with Crippen LogP contribution in [0.4, 0.5) is 4.79 Å². The van der Waals surface area contributed by atoms with Gasteiger partial charge in [0.05, 0.1) is 23.5 Å². The fourth-order valence-electron chi connectivity index (χ4n) is 1.90. The highest BCUT2D eigenvalue weighted by molar-refractivity contribution is 7.09. The molecule has 0 saturated heterocycles. The van der Waals surface area contributed by atoms with Gasteiger partial charge in [-0.2, -0.15) is 0 Å². The van der Waals surface area contributed by atoms with Crippen molar-refractivity contribution in [3.63, 3.8) is 0 Å². The number of furan rings is 1. The van der Waals surface area contributed by atoms with Crippen molar-refractivity contribution in [3.05, 3.63) is 40.2 Å². The van der Waals surface area contributed by atoms with Gasteiger partial charge in [-0.1, -0.05) is 20.8 Å². The molecule has 2 amide bonds. The van der Waals surface area contributed by atoms with Crippen molar-refractivity contribution in [2.45, 2.75) is 38.7 Å². The number of amides is 2. The summed E-state index contributed by atoms with van der Waals surface area (Å²) in [6, 6.07) is 3.04. The Morgan fingerprint density at radius 2 is 2.22 bits per heavy atom. The van der Waals surface area contributed by atoms with Gasteiger partial charge in [0, 0.05) is 23.8 Å². The normalized spacial score (nSPS) is 12.9. The summed E-state index contributed by atoms with van der Waals surface area (Å²) in [5, 5.41) is 18.3. The van der Waals surface area contributed by atoms with E-state index in [1.54, 1.807) is 23.5 Å². The number of aliphatic hydroxyl groups is 1. The predicted molar refractivity (Wildman–Crippen MR) is 89.6 cm³/mol. The van der Waals surface area contributed by atoms with Crippen LogP contribution in [0.25, 0.3) is 0 Å². The number of carbonyl (C=O) groups excluding carboxylic acids is 1. The standard InChI is InChI=1S/C16H23N3O3S/c1-16(2,3)14-19-11(10-23-14)6-7-17-15(21)18-9-12(20)13-5-4-8-22-13/h4-5,8,10,12,20H,6-7,9H2,1-3H3,(H2,17,18,21). The van der Waals surface area contributed by atoms with Crippen LogP contribution in [0, 0.1) is 0 Å². The molecule has 126 valence electrons. The lowest BCUT2D eigenvalue weighted by Crippen LogP contribution is -2.38. The third kappa shape index (κ3) is 5.37. The predicted octanol–water partition coefficient (Wildman–Crippen LogP) is 2.61. The van der Waals surface area contributed by atoms with E-state index in [1.165, 1.54) is 6.26 Å². The Bertz CT molecular complexity index is 617. The Balaban J connectivity index is 1.68. The average molecular weight is 337 g/mol. The van der Waals surface area contributed by atoms with Crippen LogP contribution in [-0.2, 0) is 11.8 Å². The maximum absolute atomic E-state index is 11.7. The van der Waals surface area contributed by atoms with Crippen LogP contribution in [0.15, 0.2) is 28.2 Å². The number of aromatic nitrogens is 1. The second-order valence-corrected chi connectivity index (χ2v) is 7.17. The molecule has 1 unspecified atom stereocenters. The number of nitrogens with one attached hydrogen (secondary N) is 2. The fraction of sp³-hybridized carbons (Fsp3) is 0.500. The van der Waals surface area contributed by atoms with Crippen LogP contribution in [-0.4, -0.2) is 29.2 Å². The van der Waals surface area contributed by atoms with Crippen molar-refractivity contribution in [2.24, 2.45) is 0 Å². The molecule has 1 atom stereocenters. The van der Waals surface area contributed by atoms with Gasteiger partial charge in [0.1, 0.15) is 11.9 Å². The van der Waals surface area contributed by atoms with Gasteiger partial charge in [0.15, 0.2) is 0 Å². The maximum atomic E-state index is 11.7. The maximum Gasteiger partial charge on any atom is 0.314 e. The topological polar surface area (TPSA) is 87.4 Å². The quantitative estimate of drug-likeness (QED) is 0.756. The van der Waals surface area contributed by atoms with E-state index in [1.807, 2.05) is 5.38 Å². The number of urea groups is 1. The number of carbonyl (C=O) groups is 1. The Morgan fingerprint density at radius 1 is 1.43 bits per heavy atom. The molecule has 0 aliphatic rings. The van der Waals surface area contributed by atoms with Crippen molar-refractivity contribution in [1.82, 2.24) is 15.6 Å². The highest BCUT2D eigenvalue weighted by atomic mass is 32.1. The molecule has 6 nitrogen and oxygen atoms in total. The van der Waals surface area contributed by atoms with Crippen molar-refractivity contribution in [3.8, 4) is 0 Å². The lowest BCUT2D eigenvalue weighted by atomic mass is 9.98. The number of hydrogen-bond donors (Lipinski definition) is 3. The number of thiazole rings is 1. The van der Waals surface area contributed by atoms with Gasteiger partial charge in [-0.25, -0.2) is 9.78 Å². The largest absolute Gasteiger partial charge is 0.467 e. The van der Waals surface area contributed by atoms with Crippen LogP contribution in [0.5, 0.6) is 0 Å². The summed E-state index contributed by atoms with van der Waals surface area (Å²) in [4.78, 5) is 16.3. The first-order chi connectivity index (χ1) is 10.9. The number of aliphatic hydroxyl groups excluding tert-OH is 1. The van der Waals surface area contributed by atoms with Crippen LogP contribution in [0.3, 0.4) is 0 Å². The number of rotatable bonds is 6. The lowest BCUT2D eigenvalue weighted by Gasteiger charge is -2.13. The molecule has 2 rings (SSSR count). The van der Waals surface area contributed by atoms with Crippen molar-refractivity contribution in [1.29, 1.82) is 0 Å². The Labute approximate surface area is 139 Å². The summed E-state index contributed by atoms with van der Waals surface area (Å²) in [6.45, 7) is 6.99. The van der Waals surface area contributed by atoms with Gasteiger partial charge >= 0.3 is 6.03 Å². The minimum absolute atomic E-state index is 0.0513. The summed E-state index contributed by atoms with van der Waals surface area (Å²) in [5.74, 6) is 0.433. The molecule has 0 bridgehead atoms. The molecule has 0 aliphatic carbocycles. The summed E-state index contributed by atoms with van der Waals surface area (Å²) in [5.41, 5.74) is 1.03. The monoisotopic (exact) mass is 337 g/mol. The van der Waals surface area contributed by atoms with Gasteiger partial charge in [0.2, 0.25) is 0 Å². The molecule has 2 aromatic heterocycles. The van der Waals surface area contributed by atoms with Crippen LogP contribution >= 0.6 is 11.3 Å². The molecule has 2 aromatic rings. The molecule has 0 aromatic carbocycles.